The zero-order chi connectivity index (χ0) is 29.6. The zero-order valence-corrected chi connectivity index (χ0v) is 24.6. The van der Waals surface area contributed by atoms with Crippen LogP contribution in [0.2, 0.25) is 0 Å². The Morgan fingerprint density at radius 2 is 1.44 bits per heavy atom. The van der Waals surface area contributed by atoms with E-state index >= 15 is 0 Å². The lowest BCUT2D eigenvalue weighted by atomic mass is 9.98. The molecule has 0 saturated heterocycles. The van der Waals surface area contributed by atoms with Crippen molar-refractivity contribution in [1.29, 1.82) is 0 Å². The van der Waals surface area contributed by atoms with Gasteiger partial charge in [0.15, 0.2) is 0 Å². The Labute approximate surface area is 255 Å². The molecule has 0 aliphatic heterocycles. The molecule has 0 radical (unpaired) electrons. The van der Waals surface area contributed by atoms with Crippen LogP contribution in [0.3, 0.4) is 0 Å². The molecule has 0 aliphatic carbocycles. The predicted molar refractivity (Wildman–Crippen MR) is 175 cm³/mol. The number of hydrogen-bond donors (Lipinski definition) is 2. The van der Waals surface area contributed by atoms with Gasteiger partial charge in [0, 0.05) is 34.6 Å². The van der Waals surface area contributed by atoms with E-state index in [-0.39, 0.29) is 0 Å². The third kappa shape index (κ3) is 6.86. The van der Waals surface area contributed by atoms with Crippen molar-refractivity contribution in [2.75, 3.05) is 5.32 Å². The Hall–Kier alpha value is -5.11. The number of aliphatic hydroxyl groups is 1. The summed E-state index contributed by atoms with van der Waals surface area (Å²) in [6.07, 6.45) is 1.70. The summed E-state index contributed by atoms with van der Waals surface area (Å²) >= 11 is 1.39. The lowest BCUT2D eigenvalue weighted by Gasteiger charge is -2.18. The van der Waals surface area contributed by atoms with Crippen LogP contribution in [0.5, 0.6) is 10.8 Å². The van der Waals surface area contributed by atoms with Crippen molar-refractivity contribution in [2.45, 2.75) is 19.4 Å². The highest BCUT2D eigenvalue weighted by Gasteiger charge is 2.18. The molecule has 0 aliphatic rings. The first-order valence-corrected chi connectivity index (χ1v) is 14.7. The van der Waals surface area contributed by atoms with Gasteiger partial charge in [0.25, 0.3) is 0 Å². The van der Waals surface area contributed by atoms with Gasteiger partial charge in [0.1, 0.15) is 17.3 Å². The van der Waals surface area contributed by atoms with Crippen LogP contribution in [-0.2, 0) is 5.60 Å². The first-order chi connectivity index (χ1) is 20.9. The molecule has 2 N–H and O–H groups in total. The van der Waals surface area contributed by atoms with E-state index < -0.39 is 5.60 Å². The minimum absolute atomic E-state index is 0.590. The molecule has 6 nitrogen and oxygen atoms in total. The molecular weight excluding hydrogens is 552 g/mol. The highest BCUT2D eigenvalue weighted by molar-refractivity contribution is 7.17. The van der Waals surface area contributed by atoms with Gasteiger partial charge >= 0.3 is 0 Å². The van der Waals surface area contributed by atoms with Gasteiger partial charge < -0.3 is 15.2 Å². The van der Waals surface area contributed by atoms with Crippen LogP contribution in [0.25, 0.3) is 11.3 Å². The molecule has 2 aromatic heterocycles. The van der Waals surface area contributed by atoms with Gasteiger partial charge in [-0.2, -0.15) is 0 Å². The summed E-state index contributed by atoms with van der Waals surface area (Å²) in [6.45, 7) is 3.53. The SMILES string of the molecule is CC(C)(O)c1cccc(Nc2cc(Oc3sc(N=C(c4ccccc4)c4ccccc4)nc3-c3ccccc3)ccn2)c1. The monoisotopic (exact) mass is 582 g/mol. The fraction of sp³-hybridized carbons (Fsp3) is 0.0833. The summed E-state index contributed by atoms with van der Waals surface area (Å²) < 4.78 is 6.46. The molecule has 0 fully saturated rings. The average molecular weight is 583 g/mol. The number of ether oxygens (including phenoxy) is 1. The maximum absolute atomic E-state index is 10.4. The van der Waals surface area contributed by atoms with E-state index in [1.807, 2.05) is 103 Å². The molecular formula is C36H30N4O2S. The number of anilines is 2. The second-order valence-corrected chi connectivity index (χ2v) is 11.4. The molecule has 2 heterocycles. The fourth-order valence-electron chi connectivity index (χ4n) is 4.55. The van der Waals surface area contributed by atoms with Crippen LogP contribution in [0, 0.1) is 0 Å². The molecule has 43 heavy (non-hydrogen) atoms. The van der Waals surface area contributed by atoms with Gasteiger partial charge in [-0.3, -0.25) is 0 Å². The van der Waals surface area contributed by atoms with Gasteiger partial charge in [-0.15, -0.1) is 0 Å². The van der Waals surface area contributed by atoms with E-state index in [0.717, 1.165) is 33.7 Å². The lowest BCUT2D eigenvalue weighted by molar-refractivity contribution is 0.0786. The minimum Gasteiger partial charge on any atom is -0.444 e. The summed E-state index contributed by atoms with van der Waals surface area (Å²) in [6, 6.07) is 41.5. The lowest BCUT2D eigenvalue weighted by Crippen LogP contribution is -2.15. The molecule has 0 amide bonds. The van der Waals surface area contributed by atoms with Crippen molar-refractivity contribution in [2.24, 2.45) is 4.99 Å². The maximum atomic E-state index is 10.4. The van der Waals surface area contributed by atoms with Gasteiger partial charge in [0.05, 0.1) is 11.3 Å². The molecule has 0 unspecified atom stereocenters. The zero-order valence-electron chi connectivity index (χ0n) is 23.8. The largest absolute Gasteiger partial charge is 0.444 e. The number of aliphatic imine (C=N–C) groups is 1. The third-order valence-electron chi connectivity index (χ3n) is 6.72. The van der Waals surface area contributed by atoms with Crippen LogP contribution in [0.1, 0.15) is 30.5 Å². The second-order valence-electron chi connectivity index (χ2n) is 10.4. The summed E-state index contributed by atoms with van der Waals surface area (Å²) in [5.74, 6) is 1.23. The smallest absolute Gasteiger partial charge is 0.213 e. The standard InChI is InChI=1S/C36H30N4O2S/c1-36(2,41)28-19-12-20-29(23-28)38-31-24-30(21-22-37-31)42-34-33(27-17-10-5-11-18-27)40-35(43-34)39-32(25-13-6-3-7-14-25)26-15-8-4-9-16-26/h3-24,41H,1-2H3,(H,37,38). The Balaban J connectivity index is 1.35. The van der Waals surface area contributed by atoms with Crippen molar-refractivity contribution in [3.8, 4) is 22.1 Å². The van der Waals surface area contributed by atoms with E-state index in [4.69, 9.17) is 14.7 Å². The highest BCUT2D eigenvalue weighted by atomic mass is 32.1. The van der Waals surface area contributed by atoms with Crippen LogP contribution in [-0.4, -0.2) is 20.8 Å². The summed E-state index contributed by atoms with van der Waals surface area (Å²) in [7, 11) is 0. The molecule has 212 valence electrons. The number of aromatic nitrogens is 2. The molecule has 0 bridgehead atoms. The normalized spacial score (nSPS) is 11.1. The van der Waals surface area contributed by atoms with Crippen molar-refractivity contribution < 1.29 is 9.84 Å². The molecule has 0 spiro atoms. The van der Waals surface area contributed by atoms with Crippen LogP contribution >= 0.6 is 11.3 Å². The van der Waals surface area contributed by atoms with Crippen molar-refractivity contribution >= 4 is 33.7 Å². The average Bonchev–Trinajstić information content (AvgIpc) is 3.43. The molecule has 0 saturated carbocycles. The Morgan fingerprint density at radius 3 is 2.09 bits per heavy atom. The Kier molecular flexibility index (Phi) is 8.09. The van der Waals surface area contributed by atoms with Gasteiger partial charge in [0.2, 0.25) is 10.2 Å². The molecule has 4 aromatic carbocycles. The van der Waals surface area contributed by atoms with Crippen LogP contribution in [0.15, 0.2) is 139 Å². The van der Waals surface area contributed by atoms with Gasteiger partial charge in [-0.05, 0) is 37.6 Å². The number of nitrogens with zero attached hydrogens (tertiary/aromatic N) is 3. The van der Waals surface area contributed by atoms with Gasteiger partial charge in [-0.1, -0.05) is 114 Å². The summed E-state index contributed by atoms with van der Waals surface area (Å²) in [4.78, 5) is 14.5. The Morgan fingerprint density at radius 1 is 0.791 bits per heavy atom. The van der Waals surface area contributed by atoms with E-state index in [0.29, 0.717) is 27.5 Å². The van der Waals surface area contributed by atoms with Crippen molar-refractivity contribution in [1.82, 2.24) is 9.97 Å². The van der Waals surface area contributed by atoms with E-state index in [9.17, 15) is 5.11 Å². The number of thiazole rings is 1. The second kappa shape index (κ2) is 12.4. The quantitative estimate of drug-likeness (QED) is 0.166. The van der Waals surface area contributed by atoms with Crippen molar-refractivity contribution in [3.05, 3.63) is 150 Å². The van der Waals surface area contributed by atoms with E-state index in [1.54, 1.807) is 20.0 Å². The van der Waals surface area contributed by atoms with E-state index in [2.05, 4.69) is 34.6 Å². The maximum Gasteiger partial charge on any atom is 0.213 e. The number of benzene rings is 4. The topological polar surface area (TPSA) is 79.6 Å². The minimum atomic E-state index is -0.947. The summed E-state index contributed by atoms with van der Waals surface area (Å²) in [5, 5.41) is 15.0. The molecule has 6 aromatic rings. The number of rotatable bonds is 9. The summed E-state index contributed by atoms with van der Waals surface area (Å²) in [5.41, 5.74) is 5.18. The first kappa shape index (κ1) is 28.0. The highest BCUT2D eigenvalue weighted by Crippen LogP contribution is 2.42. The number of pyridine rings is 1. The molecule has 0 atom stereocenters. The van der Waals surface area contributed by atoms with E-state index in [1.165, 1.54) is 11.3 Å². The van der Waals surface area contributed by atoms with Crippen LogP contribution < -0.4 is 10.1 Å². The number of hydrogen-bond acceptors (Lipinski definition) is 7. The molecule has 7 heteroatoms. The fourth-order valence-corrected chi connectivity index (χ4v) is 5.39. The van der Waals surface area contributed by atoms with Gasteiger partial charge in [-0.25, -0.2) is 15.0 Å². The first-order valence-electron chi connectivity index (χ1n) is 13.9. The van der Waals surface area contributed by atoms with Crippen LogP contribution in [0.4, 0.5) is 16.6 Å². The third-order valence-corrected chi connectivity index (χ3v) is 7.54. The van der Waals surface area contributed by atoms with Crippen molar-refractivity contribution in [3.63, 3.8) is 0 Å². The predicted octanol–water partition coefficient (Wildman–Crippen LogP) is 9.14. The number of nitrogens with one attached hydrogen (secondary N) is 1. The Bertz CT molecular complexity index is 1810. The molecule has 6 rings (SSSR count).